The van der Waals surface area contributed by atoms with Gasteiger partial charge in [-0.15, -0.1) is 0 Å². The number of hydrogen-bond acceptors (Lipinski definition) is 4. The molecule has 2 heterocycles. The lowest BCUT2D eigenvalue weighted by Crippen LogP contribution is -2.47. The molecule has 2 aromatic rings. The SMILES string of the molecule is COC1CCCC1NC(=O)C1CCN(c2nc3cc(C)c(C)cc3n2C2CCC2)CC1. The van der Waals surface area contributed by atoms with Crippen LogP contribution in [-0.2, 0) is 9.53 Å². The summed E-state index contributed by atoms with van der Waals surface area (Å²) in [6.07, 6.45) is 8.98. The van der Waals surface area contributed by atoms with Crippen LogP contribution in [0.15, 0.2) is 12.1 Å². The van der Waals surface area contributed by atoms with Crippen molar-refractivity contribution in [1.82, 2.24) is 14.9 Å². The normalized spacial score (nSPS) is 25.2. The Labute approximate surface area is 185 Å². The van der Waals surface area contributed by atoms with Crippen molar-refractivity contribution in [3.8, 4) is 0 Å². The summed E-state index contributed by atoms with van der Waals surface area (Å²) in [5.41, 5.74) is 5.01. The number of amides is 1. The molecule has 0 spiro atoms. The van der Waals surface area contributed by atoms with E-state index in [1.165, 1.54) is 35.9 Å². The predicted octanol–water partition coefficient (Wildman–Crippen LogP) is 4.28. The van der Waals surface area contributed by atoms with Gasteiger partial charge in [0.25, 0.3) is 0 Å². The Morgan fingerprint density at radius 1 is 1.03 bits per heavy atom. The van der Waals surface area contributed by atoms with Crippen molar-refractivity contribution in [2.75, 3.05) is 25.1 Å². The highest BCUT2D eigenvalue weighted by Crippen LogP contribution is 2.39. The first-order valence-electron chi connectivity index (χ1n) is 12.1. The van der Waals surface area contributed by atoms with Gasteiger partial charge < -0.3 is 19.5 Å². The quantitative estimate of drug-likeness (QED) is 0.778. The molecule has 0 bridgehead atoms. The molecule has 1 aromatic heterocycles. The maximum absolute atomic E-state index is 12.9. The number of anilines is 1. The zero-order chi connectivity index (χ0) is 21.5. The lowest BCUT2D eigenvalue weighted by molar-refractivity contribution is -0.127. The van der Waals surface area contributed by atoms with E-state index in [2.05, 4.69) is 40.8 Å². The number of benzene rings is 1. The molecule has 2 unspecified atom stereocenters. The van der Waals surface area contributed by atoms with Crippen molar-refractivity contribution < 1.29 is 9.53 Å². The Balaban J connectivity index is 1.31. The summed E-state index contributed by atoms with van der Waals surface area (Å²) in [5.74, 6) is 1.42. The minimum absolute atomic E-state index is 0.0976. The molecule has 1 aromatic carbocycles. The Morgan fingerprint density at radius 2 is 1.74 bits per heavy atom. The summed E-state index contributed by atoms with van der Waals surface area (Å²) in [4.78, 5) is 20.4. The van der Waals surface area contributed by atoms with Crippen molar-refractivity contribution in [3.63, 3.8) is 0 Å². The van der Waals surface area contributed by atoms with Crippen molar-refractivity contribution in [2.45, 2.75) is 83.4 Å². The zero-order valence-electron chi connectivity index (χ0n) is 19.2. The number of aromatic nitrogens is 2. The van der Waals surface area contributed by atoms with Gasteiger partial charge in [0.15, 0.2) is 0 Å². The number of fused-ring (bicyclic) bond motifs is 1. The number of carbonyl (C=O) groups is 1. The second-order valence-corrected chi connectivity index (χ2v) is 9.87. The average Bonchev–Trinajstić information content (AvgIpc) is 3.32. The van der Waals surface area contributed by atoms with Gasteiger partial charge >= 0.3 is 0 Å². The topological polar surface area (TPSA) is 59.4 Å². The molecule has 1 saturated heterocycles. The molecule has 6 nitrogen and oxygen atoms in total. The van der Waals surface area contributed by atoms with Crippen LogP contribution < -0.4 is 10.2 Å². The molecule has 0 radical (unpaired) electrons. The molecule has 31 heavy (non-hydrogen) atoms. The first kappa shape index (κ1) is 20.8. The van der Waals surface area contributed by atoms with Gasteiger partial charge in [-0.2, -0.15) is 0 Å². The number of nitrogens with one attached hydrogen (secondary N) is 1. The van der Waals surface area contributed by atoms with Gasteiger partial charge in [0.1, 0.15) is 0 Å². The van der Waals surface area contributed by atoms with Crippen LogP contribution >= 0.6 is 0 Å². The summed E-state index contributed by atoms with van der Waals surface area (Å²) >= 11 is 0. The van der Waals surface area contributed by atoms with E-state index < -0.39 is 0 Å². The van der Waals surface area contributed by atoms with Crippen LogP contribution in [0.2, 0.25) is 0 Å². The van der Waals surface area contributed by atoms with E-state index in [0.29, 0.717) is 6.04 Å². The summed E-state index contributed by atoms with van der Waals surface area (Å²) in [6, 6.07) is 5.30. The molecule has 3 fully saturated rings. The number of aryl methyl sites for hydroxylation is 2. The molecule has 5 rings (SSSR count). The first-order valence-corrected chi connectivity index (χ1v) is 12.1. The van der Waals surface area contributed by atoms with E-state index in [4.69, 9.17) is 9.72 Å². The fraction of sp³-hybridized carbons (Fsp3) is 0.680. The van der Waals surface area contributed by atoms with Gasteiger partial charge in [-0.25, -0.2) is 4.98 Å². The summed E-state index contributed by atoms with van der Waals surface area (Å²) in [5, 5.41) is 3.28. The van der Waals surface area contributed by atoms with Crippen LogP contribution in [0, 0.1) is 19.8 Å². The van der Waals surface area contributed by atoms with E-state index in [-0.39, 0.29) is 24.0 Å². The second kappa shape index (κ2) is 8.45. The zero-order valence-corrected chi connectivity index (χ0v) is 19.2. The van der Waals surface area contributed by atoms with Gasteiger partial charge in [-0.05, 0) is 88.5 Å². The first-order chi connectivity index (χ1) is 15.0. The fourth-order valence-electron chi connectivity index (χ4n) is 5.58. The Morgan fingerprint density at radius 3 is 2.42 bits per heavy atom. The standard InChI is InChI=1S/C25H36N4O2/c1-16-14-21-22(15-17(16)2)29(19-6-4-7-19)25(27-21)28-12-10-18(11-13-28)24(30)26-20-8-5-9-23(20)31-3/h14-15,18-20,23H,4-13H2,1-3H3,(H,26,30). The van der Waals surface area contributed by atoms with Crippen LogP contribution in [0.3, 0.4) is 0 Å². The molecular weight excluding hydrogens is 388 g/mol. The molecule has 6 heteroatoms. The molecule has 2 atom stereocenters. The van der Waals surface area contributed by atoms with Crippen LogP contribution in [0.25, 0.3) is 11.0 Å². The molecule has 168 valence electrons. The molecule has 1 N–H and O–H groups in total. The molecule has 1 amide bonds. The Bertz CT molecular complexity index is 956. The minimum atomic E-state index is 0.0976. The number of nitrogens with zero attached hydrogens (tertiary/aromatic N) is 3. The van der Waals surface area contributed by atoms with Gasteiger partial charge in [0, 0.05) is 32.2 Å². The van der Waals surface area contributed by atoms with Gasteiger partial charge in [0.05, 0.1) is 23.2 Å². The highest BCUT2D eigenvalue weighted by Gasteiger charge is 2.34. The number of piperidine rings is 1. The largest absolute Gasteiger partial charge is 0.379 e. The second-order valence-electron chi connectivity index (χ2n) is 9.87. The van der Waals surface area contributed by atoms with E-state index >= 15 is 0 Å². The van der Waals surface area contributed by atoms with Crippen LogP contribution in [-0.4, -0.2) is 47.8 Å². The lowest BCUT2D eigenvalue weighted by atomic mass is 9.92. The Hall–Kier alpha value is -2.08. The maximum atomic E-state index is 12.9. The molecule has 2 aliphatic carbocycles. The van der Waals surface area contributed by atoms with Gasteiger partial charge in [-0.3, -0.25) is 4.79 Å². The molecular formula is C25H36N4O2. The van der Waals surface area contributed by atoms with E-state index in [1.807, 2.05) is 0 Å². The number of hydrogen-bond donors (Lipinski definition) is 1. The van der Waals surface area contributed by atoms with E-state index in [9.17, 15) is 4.79 Å². The fourth-order valence-corrected chi connectivity index (χ4v) is 5.58. The van der Waals surface area contributed by atoms with Crippen molar-refractivity contribution in [3.05, 3.63) is 23.3 Å². The van der Waals surface area contributed by atoms with E-state index in [0.717, 1.165) is 56.7 Å². The van der Waals surface area contributed by atoms with Crippen molar-refractivity contribution >= 4 is 22.9 Å². The predicted molar refractivity (Wildman–Crippen MR) is 124 cm³/mol. The third-order valence-electron chi connectivity index (χ3n) is 7.96. The van der Waals surface area contributed by atoms with Crippen molar-refractivity contribution in [1.29, 1.82) is 0 Å². The summed E-state index contributed by atoms with van der Waals surface area (Å²) in [7, 11) is 1.75. The van der Waals surface area contributed by atoms with Gasteiger partial charge in [-0.1, -0.05) is 0 Å². The smallest absolute Gasteiger partial charge is 0.223 e. The highest BCUT2D eigenvalue weighted by atomic mass is 16.5. The monoisotopic (exact) mass is 424 g/mol. The minimum Gasteiger partial charge on any atom is -0.379 e. The number of rotatable bonds is 5. The third kappa shape index (κ3) is 3.84. The summed E-state index contributed by atoms with van der Waals surface area (Å²) in [6.45, 7) is 6.14. The lowest BCUT2D eigenvalue weighted by Gasteiger charge is -2.36. The summed E-state index contributed by atoms with van der Waals surface area (Å²) < 4.78 is 8.04. The van der Waals surface area contributed by atoms with Crippen LogP contribution in [0.1, 0.15) is 68.5 Å². The molecule has 2 saturated carbocycles. The number of methoxy groups -OCH3 is 1. The van der Waals surface area contributed by atoms with Gasteiger partial charge in [0.2, 0.25) is 11.9 Å². The number of carbonyl (C=O) groups excluding carboxylic acids is 1. The third-order valence-corrected chi connectivity index (χ3v) is 7.96. The van der Waals surface area contributed by atoms with Crippen LogP contribution in [0.5, 0.6) is 0 Å². The number of imidazole rings is 1. The van der Waals surface area contributed by atoms with E-state index in [1.54, 1.807) is 7.11 Å². The van der Waals surface area contributed by atoms with Crippen molar-refractivity contribution in [2.24, 2.45) is 5.92 Å². The average molecular weight is 425 g/mol. The number of ether oxygens (including phenoxy) is 1. The van der Waals surface area contributed by atoms with Crippen LogP contribution in [0.4, 0.5) is 5.95 Å². The molecule has 3 aliphatic rings. The molecule has 1 aliphatic heterocycles. The highest BCUT2D eigenvalue weighted by molar-refractivity contribution is 5.82. The Kier molecular flexibility index (Phi) is 5.67. The maximum Gasteiger partial charge on any atom is 0.223 e.